The quantitative estimate of drug-likeness (QED) is 0.900. The number of carbonyl (C=O) groups excluding carboxylic acids is 1. The molecule has 2 rings (SSSR count). The molecule has 1 heterocycles. The van der Waals surface area contributed by atoms with Crippen LogP contribution in [0.15, 0.2) is 18.3 Å². The number of rotatable bonds is 5. The first kappa shape index (κ1) is 15.1. The molecule has 1 N–H and O–H groups in total. The van der Waals surface area contributed by atoms with Crippen molar-refractivity contribution in [1.82, 2.24) is 9.47 Å². The fourth-order valence-electron chi connectivity index (χ4n) is 3.04. The second-order valence-corrected chi connectivity index (χ2v) is 6.14. The fourth-order valence-corrected chi connectivity index (χ4v) is 3.04. The molecule has 1 amide bonds. The molecule has 0 radical (unpaired) electrons. The Balaban J connectivity index is 2.21. The first-order valence-electron chi connectivity index (χ1n) is 7.66. The van der Waals surface area contributed by atoms with Gasteiger partial charge in [0.25, 0.3) is 5.91 Å². The summed E-state index contributed by atoms with van der Waals surface area (Å²) in [6, 6.07) is 4.40. The maximum Gasteiger partial charge on any atom is 0.270 e. The van der Waals surface area contributed by atoms with Gasteiger partial charge in [-0.3, -0.25) is 4.79 Å². The van der Waals surface area contributed by atoms with Crippen LogP contribution in [-0.2, 0) is 0 Å². The third-order valence-corrected chi connectivity index (χ3v) is 4.06. The van der Waals surface area contributed by atoms with Crippen LogP contribution in [0, 0.1) is 0 Å². The van der Waals surface area contributed by atoms with E-state index in [1.807, 2.05) is 32.2 Å². The van der Waals surface area contributed by atoms with Crippen LogP contribution in [0.5, 0.6) is 0 Å². The van der Waals surface area contributed by atoms with Gasteiger partial charge in [0, 0.05) is 24.8 Å². The van der Waals surface area contributed by atoms with Crippen LogP contribution < -0.4 is 0 Å². The molecule has 1 fully saturated rings. The van der Waals surface area contributed by atoms with Crippen LogP contribution in [0.2, 0.25) is 0 Å². The Labute approximate surface area is 121 Å². The molecule has 1 saturated carbocycles. The summed E-state index contributed by atoms with van der Waals surface area (Å²) < 4.78 is 2.13. The third-order valence-electron chi connectivity index (χ3n) is 4.06. The lowest BCUT2D eigenvalue weighted by atomic mass is 10.2. The van der Waals surface area contributed by atoms with Crippen LogP contribution >= 0.6 is 0 Å². The summed E-state index contributed by atoms with van der Waals surface area (Å²) in [5, 5.41) is 9.60. The van der Waals surface area contributed by atoms with Crippen molar-refractivity contribution in [2.75, 3.05) is 6.54 Å². The predicted molar refractivity (Wildman–Crippen MR) is 79.8 cm³/mol. The normalized spacial score (nSPS) is 17.6. The van der Waals surface area contributed by atoms with Gasteiger partial charge in [-0.05, 0) is 45.7 Å². The van der Waals surface area contributed by atoms with E-state index in [1.165, 1.54) is 12.8 Å². The zero-order valence-electron chi connectivity index (χ0n) is 12.7. The summed E-state index contributed by atoms with van der Waals surface area (Å²) in [5.74, 6) is 0.0257. The first-order chi connectivity index (χ1) is 9.50. The number of hydrogen-bond acceptors (Lipinski definition) is 2. The number of nitrogens with zero attached hydrogens (tertiary/aromatic N) is 2. The zero-order valence-corrected chi connectivity index (χ0v) is 12.7. The molecular formula is C16H26N2O2. The maximum absolute atomic E-state index is 12.8. The molecule has 0 spiro atoms. The molecule has 20 heavy (non-hydrogen) atoms. The summed E-state index contributed by atoms with van der Waals surface area (Å²) in [7, 11) is 0. The minimum absolute atomic E-state index is 0.0257. The molecule has 4 heteroatoms. The molecule has 1 atom stereocenters. The van der Waals surface area contributed by atoms with Crippen molar-refractivity contribution >= 4 is 5.91 Å². The smallest absolute Gasteiger partial charge is 0.270 e. The highest BCUT2D eigenvalue weighted by Gasteiger charge is 2.26. The lowest BCUT2D eigenvalue weighted by Crippen LogP contribution is -2.42. The zero-order chi connectivity index (χ0) is 14.7. The molecule has 0 bridgehead atoms. The van der Waals surface area contributed by atoms with E-state index in [-0.39, 0.29) is 11.9 Å². The van der Waals surface area contributed by atoms with E-state index in [2.05, 4.69) is 4.57 Å². The van der Waals surface area contributed by atoms with Crippen molar-refractivity contribution in [1.29, 1.82) is 0 Å². The summed E-state index contributed by atoms with van der Waals surface area (Å²) in [6.45, 7) is 6.08. The van der Waals surface area contributed by atoms with Crippen molar-refractivity contribution in [3.05, 3.63) is 24.0 Å². The highest BCUT2D eigenvalue weighted by atomic mass is 16.3. The minimum Gasteiger partial charge on any atom is -0.392 e. The molecular weight excluding hydrogens is 252 g/mol. The predicted octanol–water partition coefficient (Wildman–Crippen LogP) is 2.83. The Hall–Kier alpha value is -1.29. The molecule has 0 aromatic carbocycles. The van der Waals surface area contributed by atoms with Gasteiger partial charge in [0.2, 0.25) is 0 Å². The summed E-state index contributed by atoms with van der Waals surface area (Å²) in [5.41, 5.74) is 0.756. The van der Waals surface area contributed by atoms with E-state index >= 15 is 0 Å². The molecule has 1 aliphatic rings. The highest BCUT2D eigenvalue weighted by Crippen LogP contribution is 2.31. The third kappa shape index (κ3) is 3.23. The Morgan fingerprint density at radius 2 is 2.05 bits per heavy atom. The Morgan fingerprint density at radius 1 is 1.40 bits per heavy atom. The van der Waals surface area contributed by atoms with Gasteiger partial charge in [0.05, 0.1) is 6.10 Å². The Bertz CT molecular complexity index is 445. The van der Waals surface area contributed by atoms with Gasteiger partial charge in [-0.2, -0.15) is 0 Å². The maximum atomic E-state index is 12.8. The number of aromatic nitrogens is 1. The van der Waals surface area contributed by atoms with E-state index in [1.54, 1.807) is 11.8 Å². The van der Waals surface area contributed by atoms with Crippen molar-refractivity contribution in [3.63, 3.8) is 0 Å². The summed E-state index contributed by atoms with van der Waals surface area (Å²) in [6.07, 6.45) is 6.33. The van der Waals surface area contributed by atoms with Gasteiger partial charge in [-0.1, -0.05) is 12.8 Å². The van der Waals surface area contributed by atoms with Gasteiger partial charge < -0.3 is 14.6 Å². The number of aliphatic hydroxyl groups is 1. The largest absolute Gasteiger partial charge is 0.392 e. The molecule has 1 aromatic rings. The van der Waals surface area contributed by atoms with Crippen LogP contribution in [0.25, 0.3) is 0 Å². The van der Waals surface area contributed by atoms with E-state index in [0.29, 0.717) is 12.6 Å². The van der Waals surface area contributed by atoms with Crippen molar-refractivity contribution in [2.45, 2.75) is 64.6 Å². The summed E-state index contributed by atoms with van der Waals surface area (Å²) in [4.78, 5) is 14.5. The topological polar surface area (TPSA) is 45.5 Å². The Morgan fingerprint density at radius 3 is 2.60 bits per heavy atom. The van der Waals surface area contributed by atoms with Gasteiger partial charge >= 0.3 is 0 Å². The number of hydrogen-bond donors (Lipinski definition) is 1. The molecule has 1 unspecified atom stereocenters. The molecule has 0 saturated heterocycles. The molecule has 0 aliphatic heterocycles. The number of amides is 1. The van der Waals surface area contributed by atoms with E-state index < -0.39 is 6.10 Å². The monoisotopic (exact) mass is 278 g/mol. The average molecular weight is 278 g/mol. The second kappa shape index (κ2) is 6.44. The molecule has 112 valence electrons. The van der Waals surface area contributed by atoms with Gasteiger partial charge in [-0.25, -0.2) is 0 Å². The lowest BCUT2D eigenvalue weighted by Gasteiger charge is -2.29. The van der Waals surface area contributed by atoms with Crippen LogP contribution in [0.3, 0.4) is 0 Å². The van der Waals surface area contributed by atoms with Gasteiger partial charge in [0.15, 0.2) is 0 Å². The Kier molecular flexibility index (Phi) is 4.86. The van der Waals surface area contributed by atoms with Crippen LogP contribution in [0.1, 0.15) is 63.0 Å². The SMILES string of the molecule is CC(O)CN(C(=O)c1cccn1C1CCCC1)C(C)C. The lowest BCUT2D eigenvalue weighted by molar-refractivity contribution is 0.0566. The van der Waals surface area contributed by atoms with Gasteiger partial charge in [0.1, 0.15) is 5.69 Å². The second-order valence-electron chi connectivity index (χ2n) is 6.14. The number of aliphatic hydroxyl groups excluding tert-OH is 1. The molecule has 1 aromatic heterocycles. The van der Waals surface area contributed by atoms with Crippen molar-refractivity contribution in [2.24, 2.45) is 0 Å². The summed E-state index contributed by atoms with van der Waals surface area (Å²) >= 11 is 0. The average Bonchev–Trinajstić information content (AvgIpc) is 3.03. The fraction of sp³-hybridized carbons (Fsp3) is 0.688. The highest BCUT2D eigenvalue weighted by molar-refractivity contribution is 5.93. The van der Waals surface area contributed by atoms with E-state index in [0.717, 1.165) is 18.5 Å². The molecule has 1 aliphatic carbocycles. The van der Waals surface area contributed by atoms with Crippen LogP contribution in [0.4, 0.5) is 0 Å². The number of carbonyl (C=O) groups is 1. The van der Waals surface area contributed by atoms with Crippen molar-refractivity contribution in [3.8, 4) is 0 Å². The van der Waals surface area contributed by atoms with E-state index in [9.17, 15) is 9.90 Å². The van der Waals surface area contributed by atoms with Gasteiger partial charge in [-0.15, -0.1) is 0 Å². The molecule has 4 nitrogen and oxygen atoms in total. The van der Waals surface area contributed by atoms with E-state index in [4.69, 9.17) is 0 Å². The first-order valence-corrected chi connectivity index (χ1v) is 7.66. The van der Waals surface area contributed by atoms with Crippen LogP contribution in [-0.4, -0.2) is 39.2 Å². The minimum atomic E-state index is -0.503. The van der Waals surface area contributed by atoms with Crippen molar-refractivity contribution < 1.29 is 9.90 Å². The standard InChI is InChI=1S/C16H26N2O2/c1-12(2)18(11-13(3)19)16(20)15-9-6-10-17(15)14-7-4-5-8-14/h6,9-10,12-14,19H,4-5,7-8,11H2,1-3H3.